The Kier molecular flexibility index (Phi) is 3.88. The van der Waals surface area contributed by atoms with Gasteiger partial charge in [0.2, 0.25) is 0 Å². The third-order valence-electron chi connectivity index (χ3n) is 1.77. The fraction of sp³-hybridized carbons (Fsp3) is 0.333. The van der Waals surface area contributed by atoms with Crippen molar-refractivity contribution in [2.75, 3.05) is 0 Å². The van der Waals surface area contributed by atoms with Gasteiger partial charge in [0.15, 0.2) is 0 Å². The monoisotopic (exact) mass is 266 g/mol. The highest BCUT2D eigenvalue weighted by Crippen LogP contribution is 2.27. The molecule has 0 atom stereocenters. The first-order valence-corrected chi connectivity index (χ1v) is 5.42. The summed E-state index contributed by atoms with van der Waals surface area (Å²) < 4.78 is 1.01. The topological polar surface area (TPSA) is 0 Å². The van der Waals surface area contributed by atoms with Crippen molar-refractivity contribution in [3.8, 4) is 0 Å². The van der Waals surface area contributed by atoms with Crippen LogP contribution in [0.5, 0.6) is 0 Å². The largest absolute Gasteiger partial charge is 0.121 e. The molecule has 0 N–H and O–H groups in total. The van der Waals surface area contributed by atoms with Crippen LogP contribution in [-0.4, -0.2) is 0 Å². The molecule has 3 heteroatoms. The molecule has 0 aliphatic heterocycles. The number of benzene rings is 1. The molecule has 66 valence electrons. The van der Waals surface area contributed by atoms with Crippen LogP contribution in [0.3, 0.4) is 0 Å². The zero-order valence-corrected chi connectivity index (χ0v) is 9.80. The Hall–Kier alpha value is 0.280. The number of alkyl halides is 1. The van der Waals surface area contributed by atoms with Gasteiger partial charge in [0.25, 0.3) is 0 Å². The first kappa shape index (κ1) is 10.4. The van der Waals surface area contributed by atoms with Crippen LogP contribution in [0.1, 0.15) is 18.1 Å². The van der Waals surface area contributed by atoms with Crippen molar-refractivity contribution < 1.29 is 0 Å². The Morgan fingerprint density at radius 1 is 1.42 bits per heavy atom. The van der Waals surface area contributed by atoms with E-state index in [-0.39, 0.29) is 0 Å². The maximum absolute atomic E-state index is 6.00. The van der Waals surface area contributed by atoms with E-state index >= 15 is 0 Å². The third-order valence-corrected chi connectivity index (χ3v) is 2.83. The van der Waals surface area contributed by atoms with Gasteiger partial charge >= 0.3 is 0 Å². The van der Waals surface area contributed by atoms with E-state index in [0.29, 0.717) is 5.88 Å². The van der Waals surface area contributed by atoms with Gasteiger partial charge in [-0.3, -0.25) is 0 Å². The van der Waals surface area contributed by atoms with E-state index in [1.54, 1.807) is 0 Å². The maximum atomic E-state index is 6.00. The van der Waals surface area contributed by atoms with Gasteiger partial charge in [0, 0.05) is 15.4 Å². The maximum Gasteiger partial charge on any atom is 0.0491 e. The van der Waals surface area contributed by atoms with Gasteiger partial charge in [-0.25, -0.2) is 0 Å². The van der Waals surface area contributed by atoms with Crippen LogP contribution >= 0.6 is 39.1 Å². The zero-order valence-electron chi connectivity index (χ0n) is 6.70. The van der Waals surface area contributed by atoms with E-state index in [0.717, 1.165) is 21.5 Å². The summed E-state index contributed by atoms with van der Waals surface area (Å²) in [5.41, 5.74) is 2.26. The first-order valence-electron chi connectivity index (χ1n) is 3.71. The average Bonchev–Trinajstić information content (AvgIpc) is 2.03. The smallest absolute Gasteiger partial charge is 0.0491 e. The van der Waals surface area contributed by atoms with Crippen molar-refractivity contribution >= 4 is 39.1 Å². The molecule has 1 aromatic rings. The number of aryl methyl sites for hydroxylation is 1. The van der Waals surface area contributed by atoms with Gasteiger partial charge in [0.05, 0.1) is 0 Å². The van der Waals surface area contributed by atoms with E-state index in [9.17, 15) is 0 Å². The summed E-state index contributed by atoms with van der Waals surface area (Å²) in [6.07, 6.45) is 0.960. The molecule has 0 spiro atoms. The molecule has 0 aliphatic rings. The van der Waals surface area contributed by atoms with Gasteiger partial charge in [-0.2, -0.15) is 0 Å². The number of halogens is 3. The first-order chi connectivity index (χ1) is 5.69. The van der Waals surface area contributed by atoms with E-state index in [2.05, 4.69) is 28.9 Å². The normalized spacial score (nSPS) is 10.3. The predicted molar refractivity (Wildman–Crippen MR) is 58.1 cm³/mol. The number of hydrogen-bond acceptors (Lipinski definition) is 0. The minimum absolute atomic E-state index is 0.481. The number of rotatable bonds is 2. The second-order valence-corrected chi connectivity index (χ2v) is 4.10. The highest BCUT2D eigenvalue weighted by Gasteiger charge is 2.05. The fourth-order valence-corrected chi connectivity index (χ4v) is 2.45. The Labute approximate surface area is 91.0 Å². The molecule has 0 radical (unpaired) electrons. The summed E-state index contributed by atoms with van der Waals surface area (Å²) in [5.74, 6) is 0.481. The molecule has 0 fully saturated rings. The summed E-state index contributed by atoms with van der Waals surface area (Å²) in [5, 5.41) is 0.747. The molecule has 0 unspecified atom stereocenters. The van der Waals surface area contributed by atoms with Gasteiger partial charge in [-0.05, 0) is 29.7 Å². The lowest BCUT2D eigenvalue weighted by atomic mass is 10.1. The Morgan fingerprint density at radius 2 is 2.08 bits per heavy atom. The van der Waals surface area contributed by atoms with Crippen molar-refractivity contribution in [1.82, 2.24) is 0 Å². The van der Waals surface area contributed by atoms with E-state index in [1.165, 1.54) is 5.56 Å². The van der Waals surface area contributed by atoms with Crippen LogP contribution < -0.4 is 0 Å². The summed E-state index contributed by atoms with van der Waals surface area (Å²) >= 11 is 15.2. The summed E-state index contributed by atoms with van der Waals surface area (Å²) in [7, 11) is 0. The molecule has 1 rings (SSSR count). The Bertz CT molecular complexity index is 284. The van der Waals surface area contributed by atoms with Crippen LogP contribution in [-0.2, 0) is 12.3 Å². The Balaban J connectivity index is 3.24. The molecule has 0 saturated carbocycles. The molecule has 0 aliphatic carbocycles. The van der Waals surface area contributed by atoms with Gasteiger partial charge in [0.1, 0.15) is 0 Å². The van der Waals surface area contributed by atoms with E-state index < -0.39 is 0 Å². The van der Waals surface area contributed by atoms with Crippen molar-refractivity contribution in [1.29, 1.82) is 0 Å². The van der Waals surface area contributed by atoms with Crippen molar-refractivity contribution in [3.05, 3.63) is 32.8 Å². The minimum atomic E-state index is 0.481. The SMILES string of the molecule is CCc1cc(Br)cc(Cl)c1CCl. The minimum Gasteiger partial charge on any atom is -0.121 e. The van der Waals surface area contributed by atoms with Crippen LogP contribution in [0.2, 0.25) is 5.02 Å². The highest BCUT2D eigenvalue weighted by molar-refractivity contribution is 9.10. The summed E-state index contributed by atoms with van der Waals surface area (Å²) in [6.45, 7) is 2.09. The molecule has 12 heavy (non-hydrogen) atoms. The van der Waals surface area contributed by atoms with E-state index in [4.69, 9.17) is 23.2 Å². The molecule has 1 aromatic carbocycles. The lowest BCUT2D eigenvalue weighted by Gasteiger charge is -2.07. The average molecular weight is 268 g/mol. The standard InChI is InChI=1S/C9H9BrCl2/c1-2-6-3-7(10)4-9(12)8(6)5-11/h3-4H,2,5H2,1H3. The van der Waals surface area contributed by atoms with Crippen LogP contribution in [0.4, 0.5) is 0 Å². The van der Waals surface area contributed by atoms with Crippen molar-refractivity contribution in [2.24, 2.45) is 0 Å². The molecular formula is C9H9BrCl2. The molecule has 0 aromatic heterocycles. The Morgan fingerprint density at radius 3 is 2.58 bits per heavy atom. The van der Waals surface area contributed by atoms with Crippen LogP contribution in [0, 0.1) is 0 Å². The van der Waals surface area contributed by atoms with E-state index in [1.807, 2.05) is 6.07 Å². The second-order valence-electron chi connectivity index (χ2n) is 2.51. The third kappa shape index (κ3) is 2.15. The van der Waals surface area contributed by atoms with Gasteiger partial charge in [-0.1, -0.05) is 34.5 Å². The fourth-order valence-electron chi connectivity index (χ4n) is 1.12. The summed E-state index contributed by atoms with van der Waals surface area (Å²) in [4.78, 5) is 0. The second kappa shape index (κ2) is 4.50. The van der Waals surface area contributed by atoms with Gasteiger partial charge < -0.3 is 0 Å². The molecular weight excluding hydrogens is 259 g/mol. The molecule has 0 heterocycles. The highest BCUT2D eigenvalue weighted by atomic mass is 79.9. The van der Waals surface area contributed by atoms with Crippen LogP contribution in [0.25, 0.3) is 0 Å². The lowest BCUT2D eigenvalue weighted by molar-refractivity contribution is 1.10. The lowest BCUT2D eigenvalue weighted by Crippen LogP contribution is -1.90. The predicted octanol–water partition coefficient (Wildman–Crippen LogP) is 4.40. The zero-order chi connectivity index (χ0) is 9.14. The number of hydrogen-bond donors (Lipinski definition) is 0. The molecule has 0 amide bonds. The summed E-state index contributed by atoms with van der Waals surface area (Å²) in [6, 6.07) is 3.93. The van der Waals surface area contributed by atoms with Crippen molar-refractivity contribution in [2.45, 2.75) is 19.2 Å². The molecule has 0 nitrogen and oxygen atoms in total. The molecule has 0 bridgehead atoms. The van der Waals surface area contributed by atoms with Crippen molar-refractivity contribution in [3.63, 3.8) is 0 Å². The van der Waals surface area contributed by atoms with Crippen LogP contribution in [0.15, 0.2) is 16.6 Å². The van der Waals surface area contributed by atoms with Gasteiger partial charge in [-0.15, -0.1) is 11.6 Å². The molecule has 0 saturated heterocycles. The quantitative estimate of drug-likeness (QED) is 0.697.